The van der Waals surface area contributed by atoms with Crippen LogP contribution >= 0.6 is 0 Å². The maximum absolute atomic E-state index is 13.6. The Bertz CT molecular complexity index is 1420. The number of rotatable bonds is 9. The first kappa shape index (κ1) is 24.2. The maximum atomic E-state index is 13.6. The van der Waals surface area contributed by atoms with Crippen LogP contribution in [0.5, 0.6) is 0 Å². The summed E-state index contributed by atoms with van der Waals surface area (Å²) in [7, 11) is -3.95. The lowest BCUT2D eigenvalue weighted by molar-refractivity contribution is -0.119. The smallest absolute Gasteiger partial charge is 0.264 e. The van der Waals surface area contributed by atoms with Gasteiger partial charge in [-0.2, -0.15) is 0 Å². The number of anilines is 1. The van der Waals surface area contributed by atoms with Gasteiger partial charge in [0.05, 0.1) is 16.3 Å². The van der Waals surface area contributed by atoms with Crippen LogP contribution < -0.4 is 9.62 Å². The highest BCUT2D eigenvalue weighted by molar-refractivity contribution is 7.92. The van der Waals surface area contributed by atoms with E-state index in [4.69, 9.17) is 0 Å². The van der Waals surface area contributed by atoms with Gasteiger partial charge in [-0.3, -0.25) is 9.10 Å². The van der Waals surface area contributed by atoms with E-state index < -0.39 is 15.9 Å². The van der Waals surface area contributed by atoms with E-state index in [2.05, 4.69) is 10.3 Å². The van der Waals surface area contributed by atoms with Crippen molar-refractivity contribution in [1.29, 1.82) is 0 Å². The fourth-order valence-corrected chi connectivity index (χ4v) is 5.46. The molecule has 7 nitrogen and oxygen atoms in total. The number of benzene rings is 3. The van der Waals surface area contributed by atoms with Gasteiger partial charge in [-0.25, -0.2) is 13.4 Å². The highest BCUT2D eigenvalue weighted by Gasteiger charge is 2.28. The number of nitrogens with zero attached hydrogens (tertiary/aromatic N) is 3. The number of hydrogen-bond acceptors (Lipinski definition) is 4. The monoisotopic (exact) mass is 488 g/mol. The van der Waals surface area contributed by atoms with Crippen molar-refractivity contribution in [3.63, 3.8) is 0 Å². The van der Waals surface area contributed by atoms with Crippen LogP contribution in [0.1, 0.15) is 23.9 Å². The van der Waals surface area contributed by atoms with Crippen molar-refractivity contribution in [2.24, 2.45) is 0 Å². The molecular weight excluding hydrogens is 460 g/mol. The van der Waals surface area contributed by atoms with Gasteiger partial charge in [0.1, 0.15) is 12.4 Å². The first-order chi connectivity index (χ1) is 16.9. The van der Waals surface area contributed by atoms with Crippen molar-refractivity contribution < 1.29 is 13.2 Å². The molecule has 180 valence electrons. The highest BCUT2D eigenvalue weighted by Crippen LogP contribution is 2.27. The Kier molecular flexibility index (Phi) is 7.31. The lowest BCUT2D eigenvalue weighted by Gasteiger charge is -2.26. The van der Waals surface area contributed by atoms with Crippen LogP contribution in [0.4, 0.5) is 5.69 Å². The molecule has 0 aliphatic heterocycles. The van der Waals surface area contributed by atoms with Gasteiger partial charge >= 0.3 is 0 Å². The minimum Gasteiger partial charge on any atom is -0.350 e. The van der Waals surface area contributed by atoms with Gasteiger partial charge in [0.2, 0.25) is 5.91 Å². The topological polar surface area (TPSA) is 84.3 Å². The summed E-state index contributed by atoms with van der Waals surface area (Å²) in [5.74, 6) is 0.438. The maximum Gasteiger partial charge on any atom is 0.264 e. The fourth-order valence-electron chi connectivity index (χ4n) is 3.98. The molecule has 0 spiro atoms. The summed E-state index contributed by atoms with van der Waals surface area (Å²) in [5.41, 5.74) is 3.16. The molecular formula is C27H28N4O3S. The van der Waals surface area contributed by atoms with Gasteiger partial charge in [0.25, 0.3) is 10.0 Å². The third-order valence-electron chi connectivity index (χ3n) is 5.81. The molecule has 0 radical (unpaired) electrons. The number of nitrogens with one attached hydrogen (secondary N) is 1. The van der Waals surface area contributed by atoms with E-state index in [1.54, 1.807) is 48.7 Å². The lowest BCUT2D eigenvalue weighted by Crippen LogP contribution is -2.41. The minimum atomic E-state index is -3.95. The zero-order chi connectivity index (χ0) is 24.8. The number of imidazole rings is 1. The molecule has 1 aromatic heterocycles. The molecule has 1 N–H and O–H groups in total. The number of hydrogen-bond donors (Lipinski definition) is 1. The van der Waals surface area contributed by atoms with E-state index in [1.165, 1.54) is 4.31 Å². The molecule has 35 heavy (non-hydrogen) atoms. The van der Waals surface area contributed by atoms with Gasteiger partial charge in [-0.15, -0.1) is 0 Å². The van der Waals surface area contributed by atoms with E-state index in [1.807, 2.05) is 61.0 Å². The Hall–Kier alpha value is -3.91. The summed E-state index contributed by atoms with van der Waals surface area (Å²) in [4.78, 5) is 17.5. The molecule has 0 fully saturated rings. The third-order valence-corrected chi connectivity index (χ3v) is 7.59. The molecule has 1 heterocycles. The average Bonchev–Trinajstić information content (AvgIpc) is 3.32. The number of aromatic nitrogens is 2. The molecule has 0 saturated carbocycles. The second-order valence-electron chi connectivity index (χ2n) is 8.06. The van der Waals surface area contributed by atoms with Crippen molar-refractivity contribution in [3.05, 3.63) is 108 Å². The summed E-state index contributed by atoms with van der Waals surface area (Å²) in [5, 5.41) is 2.90. The zero-order valence-corrected chi connectivity index (χ0v) is 20.6. The minimum absolute atomic E-state index is 0.139. The molecule has 1 amide bonds. The second-order valence-corrected chi connectivity index (χ2v) is 9.92. The predicted octanol–water partition coefficient (Wildman–Crippen LogP) is 4.25. The van der Waals surface area contributed by atoms with E-state index in [0.717, 1.165) is 22.6 Å². The third kappa shape index (κ3) is 5.27. The van der Waals surface area contributed by atoms with Crippen molar-refractivity contribution in [1.82, 2.24) is 14.9 Å². The van der Waals surface area contributed by atoms with Crippen molar-refractivity contribution in [3.8, 4) is 5.69 Å². The van der Waals surface area contributed by atoms with Crippen LogP contribution in [0.25, 0.3) is 5.69 Å². The largest absolute Gasteiger partial charge is 0.350 e. The lowest BCUT2D eigenvalue weighted by atomic mass is 10.1. The predicted molar refractivity (Wildman–Crippen MR) is 137 cm³/mol. The molecule has 0 bridgehead atoms. The van der Waals surface area contributed by atoms with Gasteiger partial charge in [0, 0.05) is 18.9 Å². The summed E-state index contributed by atoms with van der Waals surface area (Å²) < 4.78 is 30.3. The SMILES string of the molecule is CCc1ccccc1N(CC(=O)NCc1ccccc1-n1ccnc1C)S(=O)(=O)c1ccccc1. The molecule has 8 heteroatoms. The fraction of sp³-hybridized carbons (Fsp3) is 0.185. The van der Waals surface area contributed by atoms with Crippen molar-refractivity contribution in [2.45, 2.75) is 31.7 Å². The number of sulfonamides is 1. The Labute approximate surface area is 206 Å². The summed E-state index contributed by atoms with van der Waals surface area (Å²) in [6, 6.07) is 23.2. The van der Waals surface area contributed by atoms with Gasteiger partial charge in [-0.1, -0.05) is 61.5 Å². The summed E-state index contributed by atoms with van der Waals surface area (Å²) in [6.45, 7) is 3.79. The van der Waals surface area contributed by atoms with Crippen LogP contribution in [0.3, 0.4) is 0 Å². The quantitative estimate of drug-likeness (QED) is 0.382. The second kappa shape index (κ2) is 10.6. The number of carbonyl (C=O) groups is 1. The molecule has 0 unspecified atom stereocenters. The molecule has 0 aliphatic carbocycles. The van der Waals surface area contributed by atoms with Crippen LogP contribution in [0.15, 0.2) is 96.2 Å². The molecule has 3 aromatic carbocycles. The van der Waals surface area contributed by atoms with Crippen LogP contribution in [0.2, 0.25) is 0 Å². The number of para-hydroxylation sites is 2. The van der Waals surface area contributed by atoms with E-state index in [0.29, 0.717) is 12.1 Å². The van der Waals surface area contributed by atoms with Crippen LogP contribution in [-0.2, 0) is 27.8 Å². The average molecular weight is 489 g/mol. The first-order valence-corrected chi connectivity index (χ1v) is 12.9. The van der Waals surface area contributed by atoms with Crippen molar-refractivity contribution >= 4 is 21.6 Å². The zero-order valence-electron chi connectivity index (χ0n) is 19.8. The van der Waals surface area contributed by atoms with E-state index in [-0.39, 0.29) is 18.0 Å². The Morgan fingerprint density at radius 1 is 0.943 bits per heavy atom. The van der Waals surface area contributed by atoms with E-state index in [9.17, 15) is 13.2 Å². The molecule has 4 rings (SSSR count). The number of amides is 1. The molecule has 0 atom stereocenters. The Balaban J connectivity index is 1.60. The Morgan fingerprint density at radius 3 is 2.29 bits per heavy atom. The number of aryl methyl sites for hydroxylation is 2. The molecule has 4 aromatic rings. The highest BCUT2D eigenvalue weighted by atomic mass is 32.2. The number of carbonyl (C=O) groups excluding carboxylic acids is 1. The Morgan fingerprint density at radius 2 is 1.60 bits per heavy atom. The van der Waals surface area contributed by atoms with Crippen LogP contribution in [-0.4, -0.2) is 30.4 Å². The van der Waals surface area contributed by atoms with Gasteiger partial charge in [0.15, 0.2) is 0 Å². The summed E-state index contributed by atoms with van der Waals surface area (Å²) in [6.07, 6.45) is 4.23. The molecule has 0 saturated heterocycles. The van der Waals surface area contributed by atoms with E-state index >= 15 is 0 Å². The van der Waals surface area contributed by atoms with Crippen LogP contribution in [0, 0.1) is 6.92 Å². The van der Waals surface area contributed by atoms with Gasteiger partial charge < -0.3 is 9.88 Å². The van der Waals surface area contributed by atoms with Gasteiger partial charge in [-0.05, 0) is 48.7 Å². The molecule has 0 aliphatic rings. The van der Waals surface area contributed by atoms with Crippen molar-refractivity contribution in [2.75, 3.05) is 10.8 Å². The normalized spacial score (nSPS) is 11.3. The summed E-state index contributed by atoms with van der Waals surface area (Å²) >= 11 is 0. The standard InChI is InChI=1S/C27H28N4O3S/c1-3-22-11-7-10-16-26(22)31(35(33,34)24-13-5-4-6-14-24)20-27(32)29-19-23-12-8-9-15-25(23)30-18-17-28-21(30)2/h4-18H,3,19-20H2,1-2H3,(H,29,32). The first-order valence-electron chi connectivity index (χ1n) is 11.4.